The summed E-state index contributed by atoms with van der Waals surface area (Å²) in [5, 5.41) is 0. The highest BCUT2D eigenvalue weighted by Crippen LogP contribution is 2.30. The van der Waals surface area contributed by atoms with E-state index in [4.69, 9.17) is 4.42 Å². The normalized spacial score (nSPS) is 24.0. The number of likely N-dealkylation sites (tertiary alicyclic amines) is 2. The van der Waals surface area contributed by atoms with Crippen LogP contribution in [0.15, 0.2) is 16.5 Å². The first-order valence-corrected chi connectivity index (χ1v) is 9.26. The quantitative estimate of drug-likeness (QED) is 0.818. The van der Waals surface area contributed by atoms with Gasteiger partial charge in [-0.05, 0) is 51.3 Å². The average Bonchev–Trinajstić information content (AvgIpc) is 3.27. The molecule has 0 unspecified atom stereocenters. The number of carbonyl (C=O) groups is 2. The molecule has 0 bridgehead atoms. The molecule has 1 aromatic heterocycles. The third kappa shape index (κ3) is 4.06. The van der Waals surface area contributed by atoms with Crippen LogP contribution in [0.1, 0.15) is 44.1 Å². The zero-order valence-corrected chi connectivity index (χ0v) is 15.5. The third-order valence-electron chi connectivity index (χ3n) is 5.52. The molecule has 138 valence electrons. The standard InChI is InChI=1S/C19H29N3O3/c1-14-8-9-16(25-14)12-20(3)19(24)13-21-10-4-6-17(21)18-7-5-11-22(18)15(2)23/h8-9,17-18H,4-7,10-13H2,1-3H3/t17-,18+/m1/s1. The lowest BCUT2D eigenvalue weighted by atomic mass is 10.0. The molecule has 25 heavy (non-hydrogen) atoms. The van der Waals surface area contributed by atoms with Crippen molar-refractivity contribution in [2.75, 3.05) is 26.7 Å². The van der Waals surface area contributed by atoms with Crippen molar-refractivity contribution in [3.8, 4) is 0 Å². The minimum Gasteiger partial charge on any atom is -0.464 e. The van der Waals surface area contributed by atoms with Gasteiger partial charge >= 0.3 is 0 Å². The summed E-state index contributed by atoms with van der Waals surface area (Å²) < 4.78 is 5.57. The Hall–Kier alpha value is -1.82. The van der Waals surface area contributed by atoms with Crippen LogP contribution < -0.4 is 0 Å². The smallest absolute Gasteiger partial charge is 0.236 e. The van der Waals surface area contributed by atoms with Crippen LogP contribution >= 0.6 is 0 Å². The second-order valence-corrected chi connectivity index (χ2v) is 7.36. The van der Waals surface area contributed by atoms with Crippen LogP contribution in [0.3, 0.4) is 0 Å². The Kier molecular flexibility index (Phi) is 5.47. The van der Waals surface area contributed by atoms with Crippen molar-refractivity contribution >= 4 is 11.8 Å². The van der Waals surface area contributed by atoms with Crippen LogP contribution in [0.2, 0.25) is 0 Å². The SMILES string of the molecule is CC(=O)N1CCC[C@H]1[C@H]1CCCN1CC(=O)N(C)Cc1ccc(C)o1. The Morgan fingerprint density at radius 1 is 1.20 bits per heavy atom. The zero-order chi connectivity index (χ0) is 18.0. The molecule has 0 N–H and O–H groups in total. The van der Waals surface area contributed by atoms with Crippen molar-refractivity contribution in [3.05, 3.63) is 23.7 Å². The maximum Gasteiger partial charge on any atom is 0.236 e. The molecule has 0 saturated carbocycles. The monoisotopic (exact) mass is 347 g/mol. The van der Waals surface area contributed by atoms with Gasteiger partial charge in [0.05, 0.1) is 13.1 Å². The summed E-state index contributed by atoms with van der Waals surface area (Å²) in [6, 6.07) is 4.42. The summed E-state index contributed by atoms with van der Waals surface area (Å²) in [6.45, 7) is 6.27. The fourth-order valence-electron chi connectivity index (χ4n) is 4.25. The fourth-order valence-corrected chi connectivity index (χ4v) is 4.25. The van der Waals surface area contributed by atoms with Gasteiger partial charge in [0.15, 0.2) is 0 Å². The maximum atomic E-state index is 12.6. The first kappa shape index (κ1) is 18.0. The number of hydrogen-bond donors (Lipinski definition) is 0. The van der Waals surface area contributed by atoms with Crippen molar-refractivity contribution in [3.63, 3.8) is 0 Å². The summed E-state index contributed by atoms with van der Waals surface area (Å²) in [7, 11) is 1.82. The highest BCUT2D eigenvalue weighted by molar-refractivity contribution is 5.78. The average molecular weight is 347 g/mol. The molecule has 3 rings (SSSR count). The van der Waals surface area contributed by atoms with E-state index in [1.807, 2.05) is 31.0 Å². The highest BCUT2D eigenvalue weighted by atomic mass is 16.3. The van der Waals surface area contributed by atoms with Crippen LogP contribution in [-0.4, -0.2) is 65.3 Å². The first-order chi connectivity index (χ1) is 12.0. The van der Waals surface area contributed by atoms with E-state index in [-0.39, 0.29) is 17.9 Å². The largest absolute Gasteiger partial charge is 0.464 e. The molecule has 3 heterocycles. The molecule has 2 fully saturated rings. The van der Waals surface area contributed by atoms with Gasteiger partial charge in [-0.1, -0.05) is 0 Å². The molecular weight excluding hydrogens is 318 g/mol. The second-order valence-electron chi connectivity index (χ2n) is 7.36. The van der Waals surface area contributed by atoms with E-state index in [2.05, 4.69) is 4.90 Å². The van der Waals surface area contributed by atoms with Gasteiger partial charge in [0.25, 0.3) is 0 Å². The van der Waals surface area contributed by atoms with Crippen molar-refractivity contribution in [2.45, 2.75) is 58.2 Å². The number of likely N-dealkylation sites (N-methyl/N-ethyl adjacent to an activating group) is 1. The highest BCUT2D eigenvalue weighted by Gasteiger charge is 2.39. The van der Waals surface area contributed by atoms with Gasteiger partial charge in [-0.2, -0.15) is 0 Å². The fraction of sp³-hybridized carbons (Fsp3) is 0.684. The second kappa shape index (κ2) is 7.60. The Morgan fingerprint density at radius 2 is 1.92 bits per heavy atom. The number of furan rings is 1. The molecular formula is C19H29N3O3. The van der Waals surface area contributed by atoms with Crippen LogP contribution in [-0.2, 0) is 16.1 Å². The topological polar surface area (TPSA) is 57.0 Å². The lowest BCUT2D eigenvalue weighted by Gasteiger charge is -2.34. The summed E-state index contributed by atoms with van der Waals surface area (Å²) >= 11 is 0. The van der Waals surface area contributed by atoms with Crippen molar-refractivity contribution in [2.24, 2.45) is 0 Å². The van der Waals surface area contributed by atoms with Crippen molar-refractivity contribution < 1.29 is 14.0 Å². The molecule has 2 aliphatic rings. The van der Waals surface area contributed by atoms with Gasteiger partial charge in [-0.25, -0.2) is 0 Å². The molecule has 0 spiro atoms. The molecule has 2 amide bonds. The summed E-state index contributed by atoms with van der Waals surface area (Å²) in [6.07, 6.45) is 4.29. The molecule has 2 atom stereocenters. The number of aryl methyl sites for hydroxylation is 1. The molecule has 0 aliphatic carbocycles. The van der Waals surface area contributed by atoms with E-state index in [1.165, 1.54) is 0 Å². The Labute approximate surface area is 149 Å². The minimum absolute atomic E-state index is 0.105. The summed E-state index contributed by atoms with van der Waals surface area (Å²) in [5.74, 6) is 1.94. The van der Waals surface area contributed by atoms with E-state index < -0.39 is 0 Å². The lowest BCUT2D eigenvalue weighted by molar-refractivity contribution is -0.133. The predicted octanol–water partition coefficient (Wildman–Crippen LogP) is 2.02. The van der Waals surface area contributed by atoms with E-state index in [9.17, 15) is 9.59 Å². The van der Waals surface area contributed by atoms with E-state index in [0.29, 0.717) is 19.1 Å². The Balaban J connectivity index is 1.59. The summed E-state index contributed by atoms with van der Waals surface area (Å²) in [4.78, 5) is 30.5. The molecule has 0 aromatic carbocycles. The third-order valence-corrected chi connectivity index (χ3v) is 5.52. The van der Waals surface area contributed by atoms with Gasteiger partial charge < -0.3 is 14.2 Å². The zero-order valence-electron chi connectivity index (χ0n) is 15.5. The van der Waals surface area contributed by atoms with Crippen LogP contribution in [0.25, 0.3) is 0 Å². The molecule has 1 aromatic rings. The van der Waals surface area contributed by atoms with Gasteiger partial charge in [0, 0.05) is 32.6 Å². The van der Waals surface area contributed by atoms with Gasteiger partial charge in [0.1, 0.15) is 11.5 Å². The predicted molar refractivity (Wildman–Crippen MR) is 94.9 cm³/mol. The molecule has 0 radical (unpaired) electrons. The van der Waals surface area contributed by atoms with Crippen LogP contribution in [0.5, 0.6) is 0 Å². The van der Waals surface area contributed by atoms with Crippen molar-refractivity contribution in [1.29, 1.82) is 0 Å². The number of hydrogen-bond acceptors (Lipinski definition) is 4. The first-order valence-electron chi connectivity index (χ1n) is 9.26. The van der Waals surface area contributed by atoms with Crippen LogP contribution in [0, 0.1) is 6.92 Å². The maximum absolute atomic E-state index is 12.6. The van der Waals surface area contributed by atoms with E-state index in [1.54, 1.807) is 11.8 Å². The van der Waals surface area contributed by atoms with Gasteiger partial charge in [-0.15, -0.1) is 0 Å². The number of carbonyl (C=O) groups excluding carboxylic acids is 2. The summed E-state index contributed by atoms with van der Waals surface area (Å²) in [5.41, 5.74) is 0. The van der Waals surface area contributed by atoms with Gasteiger partial charge in [-0.3, -0.25) is 14.5 Å². The molecule has 6 heteroatoms. The Morgan fingerprint density at radius 3 is 2.60 bits per heavy atom. The number of amides is 2. The number of rotatable bonds is 5. The van der Waals surface area contributed by atoms with Crippen molar-refractivity contribution in [1.82, 2.24) is 14.7 Å². The lowest BCUT2D eigenvalue weighted by Crippen LogP contribution is -2.50. The van der Waals surface area contributed by atoms with Gasteiger partial charge in [0.2, 0.25) is 11.8 Å². The van der Waals surface area contributed by atoms with Crippen LogP contribution in [0.4, 0.5) is 0 Å². The molecule has 6 nitrogen and oxygen atoms in total. The minimum atomic E-state index is 0.105. The molecule has 2 saturated heterocycles. The molecule has 2 aliphatic heterocycles. The Bertz CT molecular complexity index is 627. The van der Waals surface area contributed by atoms with E-state index in [0.717, 1.165) is 50.3 Å². The number of nitrogens with zero attached hydrogens (tertiary/aromatic N) is 3. The van der Waals surface area contributed by atoms with E-state index >= 15 is 0 Å².